The van der Waals surface area contributed by atoms with Crippen LogP contribution in [-0.2, 0) is 4.79 Å². The maximum atomic E-state index is 13.8. The second-order valence-electron chi connectivity index (χ2n) is 5.47. The van der Waals surface area contributed by atoms with Crippen LogP contribution in [0.4, 0.5) is 10.1 Å². The number of nitrogens with one attached hydrogen (secondary N) is 2. The number of anilines is 1. The van der Waals surface area contributed by atoms with Gasteiger partial charge in [0.05, 0.1) is 23.9 Å². The second kappa shape index (κ2) is 8.13. The molecule has 2 rings (SSSR count). The van der Waals surface area contributed by atoms with E-state index >= 15 is 0 Å². The molecule has 24 heavy (non-hydrogen) atoms. The van der Waals surface area contributed by atoms with Crippen molar-refractivity contribution >= 4 is 23.2 Å². The summed E-state index contributed by atoms with van der Waals surface area (Å²) in [6.07, 6.45) is 0. The molecule has 0 radical (unpaired) electrons. The number of hydrogen-bond donors (Lipinski definition) is 2. The first-order valence-electron chi connectivity index (χ1n) is 7.57. The van der Waals surface area contributed by atoms with Crippen LogP contribution in [0.1, 0.15) is 25.5 Å². The van der Waals surface area contributed by atoms with Gasteiger partial charge in [-0.1, -0.05) is 29.8 Å². The third-order valence-corrected chi connectivity index (χ3v) is 4.03. The summed E-state index contributed by atoms with van der Waals surface area (Å²) in [5.74, 6) is -0.462. The number of hydrogen-bond acceptors (Lipinski definition) is 3. The van der Waals surface area contributed by atoms with Crippen molar-refractivity contribution in [3.05, 3.63) is 58.9 Å². The van der Waals surface area contributed by atoms with Crippen molar-refractivity contribution in [2.75, 3.05) is 12.4 Å². The summed E-state index contributed by atoms with van der Waals surface area (Å²) in [6.45, 7) is 3.60. The normalized spacial score (nSPS) is 13.2. The molecule has 0 aliphatic heterocycles. The topological polar surface area (TPSA) is 50.4 Å². The number of methoxy groups -OCH3 is 1. The van der Waals surface area contributed by atoms with Crippen LogP contribution in [-0.4, -0.2) is 19.1 Å². The molecule has 0 aromatic heterocycles. The molecular weight excluding hydrogens is 331 g/mol. The van der Waals surface area contributed by atoms with Gasteiger partial charge >= 0.3 is 0 Å². The van der Waals surface area contributed by atoms with Gasteiger partial charge < -0.3 is 10.1 Å². The lowest BCUT2D eigenvalue weighted by atomic mass is 10.1. The number of rotatable bonds is 6. The molecule has 2 aromatic carbocycles. The van der Waals surface area contributed by atoms with E-state index in [0.29, 0.717) is 10.7 Å². The molecule has 2 N–H and O–H groups in total. The number of halogens is 2. The average molecular weight is 351 g/mol. The quantitative estimate of drug-likeness (QED) is 0.822. The zero-order valence-corrected chi connectivity index (χ0v) is 14.5. The Morgan fingerprint density at radius 1 is 1.21 bits per heavy atom. The Bertz CT molecular complexity index is 724. The Kier molecular flexibility index (Phi) is 6.17. The van der Waals surface area contributed by atoms with Crippen LogP contribution in [0.5, 0.6) is 5.75 Å². The molecule has 0 saturated heterocycles. The zero-order chi connectivity index (χ0) is 17.7. The van der Waals surface area contributed by atoms with Crippen LogP contribution < -0.4 is 15.4 Å². The number of benzene rings is 2. The fourth-order valence-electron chi connectivity index (χ4n) is 2.30. The summed E-state index contributed by atoms with van der Waals surface area (Å²) in [4.78, 5) is 12.3. The number of carbonyl (C=O) groups is 1. The van der Waals surface area contributed by atoms with Crippen molar-refractivity contribution in [2.24, 2.45) is 0 Å². The maximum absolute atomic E-state index is 13.8. The maximum Gasteiger partial charge on any atom is 0.241 e. The molecule has 0 heterocycles. The van der Waals surface area contributed by atoms with Gasteiger partial charge in [-0.2, -0.15) is 0 Å². The van der Waals surface area contributed by atoms with Crippen molar-refractivity contribution in [1.29, 1.82) is 0 Å². The Labute approximate surface area is 146 Å². The van der Waals surface area contributed by atoms with E-state index < -0.39 is 11.9 Å². The van der Waals surface area contributed by atoms with E-state index in [1.54, 1.807) is 43.3 Å². The van der Waals surface area contributed by atoms with E-state index in [1.807, 2.05) is 6.92 Å². The molecule has 4 nitrogen and oxygen atoms in total. The van der Waals surface area contributed by atoms with Gasteiger partial charge in [-0.3, -0.25) is 10.1 Å². The van der Waals surface area contributed by atoms with Crippen LogP contribution in [0, 0.1) is 5.82 Å². The van der Waals surface area contributed by atoms with Crippen molar-refractivity contribution in [2.45, 2.75) is 25.9 Å². The smallest absolute Gasteiger partial charge is 0.241 e. The molecule has 0 spiro atoms. The van der Waals surface area contributed by atoms with E-state index in [-0.39, 0.29) is 17.7 Å². The van der Waals surface area contributed by atoms with Crippen molar-refractivity contribution in [3.8, 4) is 5.75 Å². The van der Waals surface area contributed by atoms with Crippen molar-refractivity contribution < 1.29 is 13.9 Å². The standard InChI is InChI=1S/C18H20ClFN2O2/c1-11(13-8-9-17(24-3)15(20)10-13)21-12(2)18(23)22-16-7-5-4-6-14(16)19/h4-12,21H,1-3H3,(H,22,23)/t11-,12-/m1/s1. The van der Waals surface area contributed by atoms with Gasteiger partial charge in [0.15, 0.2) is 11.6 Å². The van der Waals surface area contributed by atoms with Crippen LogP contribution >= 0.6 is 11.6 Å². The predicted molar refractivity (Wildman–Crippen MR) is 94.0 cm³/mol. The third kappa shape index (κ3) is 4.46. The van der Waals surface area contributed by atoms with Gasteiger partial charge in [0.25, 0.3) is 0 Å². The van der Waals surface area contributed by atoms with E-state index in [1.165, 1.54) is 13.2 Å². The number of carbonyl (C=O) groups excluding carboxylic acids is 1. The molecule has 1 amide bonds. The van der Waals surface area contributed by atoms with Gasteiger partial charge in [-0.15, -0.1) is 0 Å². The summed E-state index contributed by atoms with van der Waals surface area (Å²) >= 11 is 6.03. The minimum atomic E-state index is -0.485. The lowest BCUT2D eigenvalue weighted by Crippen LogP contribution is -2.39. The summed E-state index contributed by atoms with van der Waals surface area (Å²) in [5.41, 5.74) is 1.28. The zero-order valence-electron chi connectivity index (χ0n) is 13.8. The molecule has 0 fully saturated rings. The number of ether oxygens (including phenoxy) is 1. The first kappa shape index (κ1) is 18.2. The largest absolute Gasteiger partial charge is 0.494 e. The van der Waals surface area contributed by atoms with E-state index in [9.17, 15) is 9.18 Å². The SMILES string of the molecule is COc1ccc([C@@H](C)N[C@H](C)C(=O)Nc2ccccc2Cl)cc1F. The van der Waals surface area contributed by atoms with Crippen LogP contribution in [0.3, 0.4) is 0 Å². The fraction of sp³-hybridized carbons (Fsp3) is 0.278. The lowest BCUT2D eigenvalue weighted by Gasteiger charge is -2.20. The van der Waals surface area contributed by atoms with E-state index in [4.69, 9.17) is 16.3 Å². The van der Waals surface area contributed by atoms with E-state index in [0.717, 1.165) is 5.56 Å². The Balaban J connectivity index is 2.00. The van der Waals surface area contributed by atoms with Crippen LogP contribution in [0.25, 0.3) is 0 Å². The molecule has 0 unspecified atom stereocenters. The highest BCUT2D eigenvalue weighted by Gasteiger charge is 2.18. The summed E-state index contributed by atoms with van der Waals surface area (Å²) in [7, 11) is 1.42. The number of para-hydroxylation sites is 1. The molecule has 2 atom stereocenters. The molecule has 128 valence electrons. The molecule has 0 saturated carbocycles. The molecule has 6 heteroatoms. The van der Waals surface area contributed by atoms with Gasteiger partial charge in [-0.05, 0) is 43.7 Å². The van der Waals surface area contributed by atoms with Crippen molar-refractivity contribution in [1.82, 2.24) is 5.32 Å². The summed E-state index contributed by atoms with van der Waals surface area (Å²) in [5, 5.41) is 6.38. The van der Waals surface area contributed by atoms with E-state index in [2.05, 4.69) is 10.6 Å². The lowest BCUT2D eigenvalue weighted by molar-refractivity contribution is -0.117. The third-order valence-electron chi connectivity index (χ3n) is 3.70. The van der Waals surface area contributed by atoms with Gasteiger partial charge in [0, 0.05) is 6.04 Å². The average Bonchev–Trinajstić information content (AvgIpc) is 2.56. The fourth-order valence-corrected chi connectivity index (χ4v) is 2.49. The highest BCUT2D eigenvalue weighted by atomic mass is 35.5. The highest BCUT2D eigenvalue weighted by Crippen LogP contribution is 2.23. The minimum Gasteiger partial charge on any atom is -0.494 e. The second-order valence-corrected chi connectivity index (χ2v) is 5.88. The minimum absolute atomic E-state index is 0.190. The molecular formula is C18H20ClFN2O2. The van der Waals surface area contributed by atoms with Crippen LogP contribution in [0.2, 0.25) is 5.02 Å². The monoisotopic (exact) mass is 350 g/mol. The number of amides is 1. The molecule has 0 aliphatic rings. The van der Waals surface area contributed by atoms with Gasteiger partial charge in [0.1, 0.15) is 0 Å². The van der Waals surface area contributed by atoms with Crippen LogP contribution in [0.15, 0.2) is 42.5 Å². The van der Waals surface area contributed by atoms with Gasteiger partial charge in [-0.25, -0.2) is 4.39 Å². The Morgan fingerprint density at radius 2 is 1.92 bits per heavy atom. The first-order chi connectivity index (χ1) is 11.4. The summed E-state index contributed by atoms with van der Waals surface area (Å²) < 4.78 is 18.7. The molecule has 0 bridgehead atoms. The highest BCUT2D eigenvalue weighted by molar-refractivity contribution is 6.33. The molecule has 2 aromatic rings. The van der Waals surface area contributed by atoms with Gasteiger partial charge in [0.2, 0.25) is 5.91 Å². The Morgan fingerprint density at radius 3 is 2.54 bits per heavy atom. The molecule has 0 aliphatic carbocycles. The Hall–Kier alpha value is -2.11. The predicted octanol–water partition coefficient (Wildman–Crippen LogP) is 4.17. The summed E-state index contributed by atoms with van der Waals surface area (Å²) in [6, 6.07) is 11.1. The first-order valence-corrected chi connectivity index (χ1v) is 7.95. The van der Waals surface area contributed by atoms with Crippen molar-refractivity contribution in [3.63, 3.8) is 0 Å².